The molecular weight excluding hydrogens is 390 g/mol. The van der Waals surface area contributed by atoms with Crippen LogP contribution in [-0.2, 0) is 13.0 Å². The molecule has 0 spiro atoms. The van der Waals surface area contributed by atoms with E-state index in [-0.39, 0.29) is 24.2 Å². The van der Waals surface area contributed by atoms with Gasteiger partial charge < -0.3 is 20.1 Å². The van der Waals surface area contributed by atoms with Crippen LogP contribution in [0.4, 0.5) is 4.79 Å². The number of aromatic nitrogens is 2. The van der Waals surface area contributed by atoms with Gasteiger partial charge in [-0.05, 0) is 50.7 Å². The SMILES string of the molecule is CCc1ccc(C(CNC(=O)N(CC)Cc2nc3ccccc3c(=O)[nH]2)N(C)C)cc1. The molecular formula is C24H31N5O2. The summed E-state index contributed by atoms with van der Waals surface area (Å²) < 4.78 is 0. The number of hydrogen-bond donors (Lipinski definition) is 2. The molecule has 1 heterocycles. The first-order valence-corrected chi connectivity index (χ1v) is 10.7. The molecule has 0 aliphatic carbocycles. The molecule has 31 heavy (non-hydrogen) atoms. The Hall–Kier alpha value is -3.19. The van der Waals surface area contributed by atoms with Gasteiger partial charge in [-0.15, -0.1) is 0 Å². The highest BCUT2D eigenvalue weighted by atomic mass is 16.2. The molecule has 7 heteroatoms. The highest BCUT2D eigenvalue weighted by Crippen LogP contribution is 2.18. The minimum Gasteiger partial charge on any atom is -0.336 e. The number of aromatic amines is 1. The molecule has 0 saturated heterocycles. The zero-order chi connectivity index (χ0) is 22.4. The molecule has 3 aromatic rings. The molecule has 0 fully saturated rings. The fourth-order valence-corrected chi connectivity index (χ4v) is 3.59. The third-order valence-electron chi connectivity index (χ3n) is 5.51. The maximum absolute atomic E-state index is 12.9. The number of benzene rings is 2. The van der Waals surface area contributed by atoms with E-state index in [1.807, 2.05) is 33.2 Å². The van der Waals surface area contributed by atoms with Crippen LogP contribution < -0.4 is 10.9 Å². The molecule has 0 radical (unpaired) electrons. The number of para-hydroxylation sites is 1. The van der Waals surface area contributed by atoms with Crippen molar-refractivity contribution in [3.63, 3.8) is 0 Å². The monoisotopic (exact) mass is 421 g/mol. The van der Waals surface area contributed by atoms with Crippen LogP contribution in [-0.4, -0.2) is 53.0 Å². The zero-order valence-corrected chi connectivity index (χ0v) is 18.7. The lowest BCUT2D eigenvalue weighted by Gasteiger charge is -2.27. The van der Waals surface area contributed by atoms with E-state index in [0.29, 0.717) is 29.8 Å². The van der Waals surface area contributed by atoms with Crippen molar-refractivity contribution in [3.05, 3.63) is 75.8 Å². The standard InChI is InChI=1S/C24H31N5O2/c1-5-17-11-13-18(14-12-17)21(28(3)4)15-25-24(31)29(6-2)16-22-26-20-10-8-7-9-19(20)23(30)27-22/h7-14,21H,5-6,15-16H2,1-4H3,(H,25,31)(H,26,27,30). The Kier molecular flexibility index (Phi) is 7.41. The Balaban J connectivity index is 1.69. The molecule has 1 aromatic heterocycles. The van der Waals surface area contributed by atoms with Crippen LogP contribution in [0, 0.1) is 0 Å². The van der Waals surface area contributed by atoms with Crippen molar-refractivity contribution in [2.45, 2.75) is 32.9 Å². The quantitative estimate of drug-likeness (QED) is 0.585. The summed E-state index contributed by atoms with van der Waals surface area (Å²) >= 11 is 0. The van der Waals surface area contributed by atoms with Crippen molar-refractivity contribution < 1.29 is 4.79 Å². The fraction of sp³-hybridized carbons (Fsp3) is 0.375. The van der Waals surface area contributed by atoms with Crippen molar-refractivity contribution in [2.75, 3.05) is 27.2 Å². The van der Waals surface area contributed by atoms with Gasteiger partial charge in [0.1, 0.15) is 5.82 Å². The van der Waals surface area contributed by atoms with Gasteiger partial charge in [0.05, 0.1) is 23.5 Å². The second-order valence-corrected chi connectivity index (χ2v) is 7.80. The van der Waals surface area contributed by atoms with E-state index < -0.39 is 0 Å². The minimum atomic E-state index is -0.194. The summed E-state index contributed by atoms with van der Waals surface area (Å²) in [6.07, 6.45) is 1.00. The number of carbonyl (C=O) groups excluding carboxylic acids is 1. The van der Waals surface area contributed by atoms with E-state index in [1.165, 1.54) is 5.56 Å². The lowest BCUT2D eigenvalue weighted by atomic mass is 10.0. The van der Waals surface area contributed by atoms with Gasteiger partial charge in [-0.25, -0.2) is 9.78 Å². The number of amides is 2. The van der Waals surface area contributed by atoms with E-state index >= 15 is 0 Å². The van der Waals surface area contributed by atoms with Crippen LogP contribution >= 0.6 is 0 Å². The predicted molar refractivity (Wildman–Crippen MR) is 124 cm³/mol. The number of H-pyrrole nitrogens is 1. The van der Waals surface area contributed by atoms with E-state index in [2.05, 4.69) is 51.4 Å². The van der Waals surface area contributed by atoms with Gasteiger partial charge in [-0.3, -0.25) is 4.79 Å². The maximum atomic E-state index is 12.9. The molecule has 3 rings (SSSR count). The van der Waals surface area contributed by atoms with E-state index in [9.17, 15) is 9.59 Å². The number of fused-ring (bicyclic) bond motifs is 1. The Morgan fingerprint density at radius 1 is 1.10 bits per heavy atom. The van der Waals surface area contributed by atoms with Crippen molar-refractivity contribution in [1.82, 2.24) is 25.1 Å². The van der Waals surface area contributed by atoms with Gasteiger partial charge >= 0.3 is 6.03 Å². The molecule has 2 N–H and O–H groups in total. The van der Waals surface area contributed by atoms with Crippen LogP contribution in [0.2, 0.25) is 0 Å². The molecule has 0 saturated carbocycles. The third kappa shape index (κ3) is 5.49. The van der Waals surface area contributed by atoms with Crippen molar-refractivity contribution in [1.29, 1.82) is 0 Å². The summed E-state index contributed by atoms with van der Waals surface area (Å²) in [5, 5.41) is 3.58. The van der Waals surface area contributed by atoms with Gasteiger partial charge in [0.2, 0.25) is 0 Å². The van der Waals surface area contributed by atoms with Crippen LogP contribution in [0.1, 0.15) is 36.8 Å². The summed E-state index contributed by atoms with van der Waals surface area (Å²) in [5.41, 5.74) is 2.88. The summed E-state index contributed by atoms with van der Waals surface area (Å²) in [4.78, 5) is 36.2. The maximum Gasteiger partial charge on any atom is 0.317 e. The lowest BCUT2D eigenvalue weighted by molar-refractivity contribution is 0.191. The summed E-state index contributed by atoms with van der Waals surface area (Å²) in [6.45, 7) is 5.26. The van der Waals surface area contributed by atoms with E-state index in [0.717, 1.165) is 12.0 Å². The molecule has 2 aromatic carbocycles. The topological polar surface area (TPSA) is 81.3 Å². The Bertz CT molecular complexity index is 1080. The zero-order valence-electron chi connectivity index (χ0n) is 18.7. The largest absolute Gasteiger partial charge is 0.336 e. The number of nitrogens with zero attached hydrogens (tertiary/aromatic N) is 3. The molecule has 0 aliphatic rings. The Morgan fingerprint density at radius 3 is 2.45 bits per heavy atom. The predicted octanol–water partition coefficient (Wildman–Crippen LogP) is 3.32. The molecule has 164 valence electrons. The number of hydrogen-bond acceptors (Lipinski definition) is 4. The molecule has 0 aliphatic heterocycles. The second kappa shape index (κ2) is 10.2. The first-order valence-electron chi connectivity index (χ1n) is 10.7. The van der Waals surface area contributed by atoms with Crippen LogP contribution in [0.15, 0.2) is 53.3 Å². The van der Waals surface area contributed by atoms with E-state index in [4.69, 9.17) is 0 Å². The Labute approximate surface area is 183 Å². The highest BCUT2D eigenvalue weighted by Gasteiger charge is 2.19. The van der Waals surface area contributed by atoms with Crippen molar-refractivity contribution >= 4 is 16.9 Å². The number of likely N-dealkylation sites (N-methyl/N-ethyl adjacent to an activating group) is 1. The summed E-state index contributed by atoms with van der Waals surface area (Å²) in [5.74, 6) is 0.472. The first-order chi connectivity index (χ1) is 14.9. The smallest absolute Gasteiger partial charge is 0.317 e. The van der Waals surface area contributed by atoms with Crippen LogP contribution in [0.5, 0.6) is 0 Å². The minimum absolute atomic E-state index is 0.0622. The van der Waals surface area contributed by atoms with Gasteiger partial charge in [-0.2, -0.15) is 0 Å². The average molecular weight is 422 g/mol. The lowest BCUT2D eigenvalue weighted by Crippen LogP contribution is -2.43. The number of urea groups is 1. The normalized spacial score (nSPS) is 12.2. The summed E-state index contributed by atoms with van der Waals surface area (Å²) in [6, 6.07) is 15.6. The van der Waals surface area contributed by atoms with Gasteiger partial charge in [0, 0.05) is 13.1 Å². The van der Waals surface area contributed by atoms with E-state index in [1.54, 1.807) is 17.0 Å². The first kappa shape index (κ1) is 22.5. The molecule has 0 bridgehead atoms. The van der Waals surface area contributed by atoms with Gasteiger partial charge in [0.15, 0.2) is 0 Å². The second-order valence-electron chi connectivity index (χ2n) is 7.80. The van der Waals surface area contributed by atoms with Crippen LogP contribution in [0.3, 0.4) is 0 Å². The van der Waals surface area contributed by atoms with Gasteiger partial charge in [-0.1, -0.05) is 43.3 Å². The van der Waals surface area contributed by atoms with Crippen molar-refractivity contribution in [3.8, 4) is 0 Å². The molecule has 1 atom stereocenters. The highest BCUT2D eigenvalue weighted by molar-refractivity contribution is 5.77. The van der Waals surface area contributed by atoms with Crippen molar-refractivity contribution in [2.24, 2.45) is 0 Å². The number of aryl methyl sites for hydroxylation is 1. The van der Waals surface area contributed by atoms with Gasteiger partial charge in [0.25, 0.3) is 5.56 Å². The molecule has 2 amide bonds. The number of carbonyl (C=O) groups is 1. The molecule has 1 unspecified atom stereocenters. The average Bonchev–Trinajstić information content (AvgIpc) is 2.77. The van der Waals surface area contributed by atoms with Crippen LogP contribution in [0.25, 0.3) is 10.9 Å². The summed E-state index contributed by atoms with van der Waals surface area (Å²) in [7, 11) is 4.01. The Morgan fingerprint density at radius 2 is 1.81 bits per heavy atom. The number of nitrogens with one attached hydrogen (secondary N) is 2. The molecule has 7 nitrogen and oxygen atoms in total. The third-order valence-corrected chi connectivity index (χ3v) is 5.51. The fourth-order valence-electron chi connectivity index (χ4n) is 3.59. The number of rotatable bonds is 8.